The van der Waals surface area contributed by atoms with Gasteiger partial charge < -0.3 is 21.5 Å². The zero-order valence-electron chi connectivity index (χ0n) is 11.2. The third kappa shape index (κ3) is 3.38. The molecule has 0 spiro atoms. The maximum atomic E-state index is 11.3. The van der Waals surface area contributed by atoms with Crippen LogP contribution in [0.4, 0.5) is 11.4 Å². The number of primary amides is 1. The van der Waals surface area contributed by atoms with E-state index in [1.165, 1.54) is 0 Å². The molecule has 1 atom stereocenters. The zero-order valence-corrected chi connectivity index (χ0v) is 11.2. The number of anilines is 2. The molecule has 1 saturated heterocycles. The fourth-order valence-corrected chi connectivity index (χ4v) is 2.46. The number of hydrogen-bond acceptors (Lipinski definition) is 4. The number of ether oxygens (including phenoxy) is 1. The SMILES string of the molecule is CC(Nc1ccc(N)c(C(N)=O)c1)C1CCOCC1. The summed E-state index contributed by atoms with van der Waals surface area (Å²) in [4.78, 5) is 11.3. The summed E-state index contributed by atoms with van der Waals surface area (Å²) in [5.74, 6) is 0.0863. The summed E-state index contributed by atoms with van der Waals surface area (Å²) in [6, 6.07) is 5.62. The summed E-state index contributed by atoms with van der Waals surface area (Å²) in [6.07, 6.45) is 2.12. The standard InChI is InChI=1S/C14H21N3O2/c1-9(10-4-6-19-7-5-10)17-11-2-3-13(15)12(8-11)14(16)18/h2-3,8-10,17H,4-7,15H2,1H3,(H2,16,18). The monoisotopic (exact) mass is 263 g/mol. The van der Waals surface area contributed by atoms with Crippen molar-refractivity contribution in [3.63, 3.8) is 0 Å². The minimum absolute atomic E-state index is 0.327. The summed E-state index contributed by atoms with van der Waals surface area (Å²) < 4.78 is 5.36. The molecule has 0 saturated carbocycles. The Kier molecular flexibility index (Phi) is 4.27. The van der Waals surface area contributed by atoms with E-state index in [2.05, 4.69) is 12.2 Å². The molecule has 104 valence electrons. The summed E-state index contributed by atoms with van der Waals surface area (Å²) in [7, 11) is 0. The number of nitrogen functional groups attached to an aromatic ring is 1. The van der Waals surface area contributed by atoms with Crippen molar-refractivity contribution < 1.29 is 9.53 Å². The molecule has 5 heteroatoms. The second-order valence-corrected chi connectivity index (χ2v) is 5.05. The minimum atomic E-state index is -0.500. The maximum absolute atomic E-state index is 11.3. The van der Waals surface area contributed by atoms with Crippen LogP contribution in [0.5, 0.6) is 0 Å². The molecule has 1 aromatic rings. The molecule has 1 amide bonds. The van der Waals surface area contributed by atoms with E-state index < -0.39 is 5.91 Å². The second kappa shape index (κ2) is 5.93. The minimum Gasteiger partial charge on any atom is -0.398 e. The fraction of sp³-hybridized carbons (Fsp3) is 0.500. The van der Waals surface area contributed by atoms with Gasteiger partial charge in [0.15, 0.2) is 0 Å². The lowest BCUT2D eigenvalue weighted by Gasteiger charge is -2.29. The van der Waals surface area contributed by atoms with E-state index in [1.54, 1.807) is 12.1 Å². The van der Waals surface area contributed by atoms with Crippen LogP contribution in [-0.4, -0.2) is 25.2 Å². The van der Waals surface area contributed by atoms with Gasteiger partial charge in [0.05, 0.1) is 5.56 Å². The van der Waals surface area contributed by atoms with Crippen LogP contribution in [0.3, 0.4) is 0 Å². The Morgan fingerprint density at radius 3 is 2.74 bits per heavy atom. The molecule has 1 heterocycles. The average molecular weight is 263 g/mol. The molecule has 0 aromatic heterocycles. The first kappa shape index (κ1) is 13.7. The number of benzene rings is 1. The Bertz CT molecular complexity index is 456. The molecule has 0 aliphatic carbocycles. The van der Waals surface area contributed by atoms with Crippen LogP contribution in [0.25, 0.3) is 0 Å². The van der Waals surface area contributed by atoms with Crippen LogP contribution < -0.4 is 16.8 Å². The summed E-state index contributed by atoms with van der Waals surface area (Å²) in [5.41, 5.74) is 12.7. The topological polar surface area (TPSA) is 90.4 Å². The molecule has 1 aromatic carbocycles. The largest absolute Gasteiger partial charge is 0.398 e. The molecular formula is C14H21N3O2. The van der Waals surface area contributed by atoms with E-state index >= 15 is 0 Å². The molecule has 1 fully saturated rings. The summed E-state index contributed by atoms with van der Waals surface area (Å²) in [6.45, 7) is 3.80. The number of nitrogens with two attached hydrogens (primary N) is 2. The van der Waals surface area contributed by atoms with Gasteiger partial charge >= 0.3 is 0 Å². The third-order valence-corrected chi connectivity index (χ3v) is 3.69. The predicted molar refractivity (Wildman–Crippen MR) is 76.0 cm³/mol. The van der Waals surface area contributed by atoms with Crippen LogP contribution in [0.2, 0.25) is 0 Å². The summed E-state index contributed by atoms with van der Waals surface area (Å²) in [5, 5.41) is 3.42. The van der Waals surface area contributed by atoms with Gasteiger partial charge in [0, 0.05) is 30.6 Å². The van der Waals surface area contributed by atoms with Gasteiger partial charge in [-0.25, -0.2) is 0 Å². The Morgan fingerprint density at radius 1 is 1.42 bits per heavy atom. The highest BCUT2D eigenvalue weighted by Gasteiger charge is 2.20. The van der Waals surface area contributed by atoms with E-state index in [0.29, 0.717) is 23.2 Å². The smallest absolute Gasteiger partial charge is 0.250 e. The van der Waals surface area contributed by atoms with Crippen molar-refractivity contribution in [1.29, 1.82) is 0 Å². The van der Waals surface area contributed by atoms with Crippen molar-refractivity contribution >= 4 is 17.3 Å². The highest BCUT2D eigenvalue weighted by Crippen LogP contribution is 2.23. The molecule has 1 aliphatic rings. The van der Waals surface area contributed by atoms with Crippen LogP contribution in [-0.2, 0) is 4.74 Å². The Labute approximate surface area is 113 Å². The number of hydrogen-bond donors (Lipinski definition) is 3. The van der Waals surface area contributed by atoms with Gasteiger partial charge in [0.1, 0.15) is 0 Å². The van der Waals surface area contributed by atoms with Crippen molar-refractivity contribution in [2.45, 2.75) is 25.8 Å². The number of carbonyl (C=O) groups excluding carboxylic acids is 1. The summed E-state index contributed by atoms with van der Waals surface area (Å²) >= 11 is 0. The highest BCUT2D eigenvalue weighted by atomic mass is 16.5. The van der Waals surface area contributed by atoms with Crippen molar-refractivity contribution in [2.75, 3.05) is 24.3 Å². The first-order valence-corrected chi connectivity index (χ1v) is 6.61. The predicted octanol–water partition coefficient (Wildman–Crippen LogP) is 1.59. The van der Waals surface area contributed by atoms with Gasteiger partial charge in [-0.3, -0.25) is 4.79 Å². The van der Waals surface area contributed by atoms with Gasteiger partial charge in [-0.15, -0.1) is 0 Å². The molecule has 19 heavy (non-hydrogen) atoms. The lowest BCUT2D eigenvalue weighted by molar-refractivity contribution is 0.0622. The van der Waals surface area contributed by atoms with Gasteiger partial charge in [-0.2, -0.15) is 0 Å². The number of carbonyl (C=O) groups is 1. The third-order valence-electron chi connectivity index (χ3n) is 3.69. The maximum Gasteiger partial charge on any atom is 0.250 e. The zero-order chi connectivity index (χ0) is 13.8. The molecule has 1 unspecified atom stereocenters. The molecule has 0 bridgehead atoms. The van der Waals surface area contributed by atoms with E-state index in [0.717, 1.165) is 31.7 Å². The van der Waals surface area contributed by atoms with Crippen LogP contribution in [0, 0.1) is 5.92 Å². The first-order valence-electron chi connectivity index (χ1n) is 6.61. The number of rotatable bonds is 4. The molecule has 1 aliphatic heterocycles. The van der Waals surface area contributed by atoms with E-state index in [4.69, 9.17) is 16.2 Å². The van der Waals surface area contributed by atoms with Gasteiger partial charge in [-0.1, -0.05) is 0 Å². The molecule has 5 nitrogen and oxygen atoms in total. The lowest BCUT2D eigenvalue weighted by Crippen LogP contribution is -2.31. The lowest BCUT2D eigenvalue weighted by atomic mass is 9.92. The van der Waals surface area contributed by atoms with Gasteiger partial charge in [0.25, 0.3) is 5.91 Å². The second-order valence-electron chi connectivity index (χ2n) is 5.05. The Morgan fingerprint density at radius 2 is 2.11 bits per heavy atom. The molecular weight excluding hydrogens is 242 g/mol. The average Bonchev–Trinajstić information content (AvgIpc) is 2.41. The van der Waals surface area contributed by atoms with Crippen LogP contribution >= 0.6 is 0 Å². The molecule has 0 radical (unpaired) electrons. The first-order chi connectivity index (χ1) is 9.08. The van der Waals surface area contributed by atoms with Crippen LogP contribution in [0.1, 0.15) is 30.1 Å². The highest BCUT2D eigenvalue weighted by molar-refractivity contribution is 5.98. The van der Waals surface area contributed by atoms with Gasteiger partial charge in [-0.05, 0) is 43.9 Å². The Hall–Kier alpha value is -1.75. The van der Waals surface area contributed by atoms with Crippen molar-refractivity contribution in [2.24, 2.45) is 11.7 Å². The molecule has 2 rings (SSSR count). The normalized spacial score (nSPS) is 17.9. The molecule has 5 N–H and O–H groups in total. The van der Waals surface area contributed by atoms with Crippen LogP contribution in [0.15, 0.2) is 18.2 Å². The van der Waals surface area contributed by atoms with Gasteiger partial charge in [0.2, 0.25) is 0 Å². The van der Waals surface area contributed by atoms with Crippen molar-refractivity contribution in [3.05, 3.63) is 23.8 Å². The van der Waals surface area contributed by atoms with E-state index in [-0.39, 0.29) is 0 Å². The van der Waals surface area contributed by atoms with Crippen molar-refractivity contribution in [3.8, 4) is 0 Å². The number of amides is 1. The quantitative estimate of drug-likeness (QED) is 0.720. The Balaban J connectivity index is 2.05. The number of nitrogens with one attached hydrogen (secondary N) is 1. The van der Waals surface area contributed by atoms with E-state index in [1.807, 2.05) is 6.07 Å². The fourth-order valence-electron chi connectivity index (χ4n) is 2.46. The van der Waals surface area contributed by atoms with E-state index in [9.17, 15) is 4.79 Å². The van der Waals surface area contributed by atoms with Crippen molar-refractivity contribution in [1.82, 2.24) is 0 Å².